The molecule has 4 nitrogen and oxygen atoms in total. The van der Waals surface area contributed by atoms with E-state index in [0.29, 0.717) is 11.2 Å². The smallest absolute Gasteiger partial charge is 0.229 e. The number of halogens is 1. The monoisotopic (exact) mass is 275 g/mol. The summed E-state index contributed by atoms with van der Waals surface area (Å²) in [5, 5.41) is 8.90. The number of carbonyl (C=O) groups is 1. The van der Waals surface area contributed by atoms with Crippen molar-refractivity contribution < 1.29 is 4.79 Å². The Hall–Kier alpha value is -0.650. The van der Waals surface area contributed by atoms with Crippen LogP contribution in [0, 0.1) is 12.8 Å². The first-order valence-electron chi connectivity index (χ1n) is 5.61. The highest BCUT2D eigenvalue weighted by Crippen LogP contribution is 2.20. The quantitative estimate of drug-likeness (QED) is 0.870. The third kappa shape index (κ3) is 3.94. The first kappa shape index (κ1) is 14.4. The number of aromatic nitrogens is 1. The summed E-state index contributed by atoms with van der Waals surface area (Å²) in [5.41, 5.74) is 0.957. The van der Waals surface area contributed by atoms with Gasteiger partial charge in [-0.3, -0.25) is 4.79 Å². The molecule has 1 aliphatic rings. The van der Waals surface area contributed by atoms with Gasteiger partial charge in [0.05, 0.1) is 5.69 Å². The van der Waals surface area contributed by atoms with Crippen LogP contribution in [0.5, 0.6) is 0 Å². The molecule has 2 N–H and O–H groups in total. The van der Waals surface area contributed by atoms with Gasteiger partial charge in [-0.2, -0.15) is 0 Å². The minimum atomic E-state index is 0. The fraction of sp³-hybridized carbons (Fsp3) is 0.636. The van der Waals surface area contributed by atoms with Crippen LogP contribution >= 0.6 is 23.7 Å². The highest BCUT2D eigenvalue weighted by molar-refractivity contribution is 7.13. The first-order valence-corrected chi connectivity index (χ1v) is 6.49. The average molecular weight is 276 g/mol. The van der Waals surface area contributed by atoms with E-state index in [-0.39, 0.29) is 24.2 Å². The number of aryl methyl sites for hydroxylation is 1. The molecule has 2 atom stereocenters. The van der Waals surface area contributed by atoms with Gasteiger partial charge in [-0.15, -0.1) is 23.7 Å². The second kappa shape index (κ2) is 6.33. The summed E-state index contributed by atoms with van der Waals surface area (Å²) < 4.78 is 0. The van der Waals surface area contributed by atoms with E-state index in [1.807, 2.05) is 12.3 Å². The lowest BCUT2D eigenvalue weighted by Crippen LogP contribution is -2.40. The van der Waals surface area contributed by atoms with Crippen molar-refractivity contribution in [1.82, 2.24) is 10.3 Å². The van der Waals surface area contributed by atoms with Crippen molar-refractivity contribution in [3.05, 3.63) is 11.1 Å². The standard InChI is InChI=1S/C11H17N3OS.ClH/c1-7-5-9(3-4-12-7)10(15)14-11-13-8(2)6-16-11;/h6-7,9,12H,3-5H2,1-2H3,(H,13,14,15);1H/t7-,9-;/m0./s1. The summed E-state index contributed by atoms with van der Waals surface area (Å²) in [7, 11) is 0. The summed E-state index contributed by atoms with van der Waals surface area (Å²) >= 11 is 1.48. The summed E-state index contributed by atoms with van der Waals surface area (Å²) in [5.74, 6) is 0.239. The number of nitrogens with zero attached hydrogens (tertiary/aromatic N) is 1. The van der Waals surface area contributed by atoms with Crippen molar-refractivity contribution >= 4 is 34.8 Å². The Morgan fingerprint density at radius 3 is 3.00 bits per heavy atom. The summed E-state index contributed by atoms with van der Waals surface area (Å²) in [6.45, 7) is 4.97. The third-order valence-electron chi connectivity index (χ3n) is 2.84. The molecule has 1 amide bonds. The largest absolute Gasteiger partial charge is 0.314 e. The van der Waals surface area contributed by atoms with E-state index in [0.717, 1.165) is 25.1 Å². The molecule has 17 heavy (non-hydrogen) atoms. The average Bonchev–Trinajstić information content (AvgIpc) is 2.64. The van der Waals surface area contributed by atoms with Crippen LogP contribution in [0.25, 0.3) is 0 Å². The maximum absolute atomic E-state index is 12.0. The molecule has 0 aliphatic carbocycles. The fourth-order valence-electron chi connectivity index (χ4n) is 1.99. The normalized spacial score (nSPS) is 23.9. The topological polar surface area (TPSA) is 54.0 Å². The van der Waals surface area contributed by atoms with Crippen LogP contribution in [-0.4, -0.2) is 23.5 Å². The second-order valence-electron chi connectivity index (χ2n) is 4.36. The van der Waals surface area contributed by atoms with Gasteiger partial charge in [0.15, 0.2) is 5.13 Å². The van der Waals surface area contributed by atoms with Gasteiger partial charge in [0, 0.05) is 17.3 Å². The van der Waals surface area contributed by atoms with Crippen LogP contribution in [0.15, 0.2) is 5.38 Å². The summed E-state index contributed by atoms with van der Waals surface area (Å²) in [4.78, 5) is 16.2. The van der Waals surface area contributed by atoms with Crippen LogP contribution in [0.2, 0.25) is 0 Å². The Balaban J connectivity index is 0.00000144. The van der Waals surface area contributed by atoms with Crippen molar-refractivity contribution in [2.45, 2.75) is 32.7 Å². The Morgan fingerprint density at radius 2 is 2.41 bits per heavy atom. The van der Waals surface area contributed by atoms with E-state index in [2.05, 4.69) is 22.5 Å². The van der Waals surface area contributed by atoms with Crippen molar-refractivity contribution in [3.63, 3.8) is 0 Å². The highest BCUT2D eigenvalue weighted by Gasteiger charge is 2.25. The second-order valence-corrected chi connectivity index (χ2v) is 5.22. The van der Waals surface area contributed by atoms with Gasteiger partial charge in [0.1, 0.15) is 0 Å². The molecule has 1 aliphatic heterocycles. The van der Waals surface area contributed by atoms with E-state index in [1.54, 1.807) is 0 Å². The minimum Gasteiger partial charge on any atom is -0.314 e. The Kier molecular flexibility index (Phi) is 5.36. The molecule has 0 unspecified atom stereocenters. The van der Waals surface area contributed by atoms with Gasteiger partial charge in [0.25, 0.3) is 0 Å². The van der Waals surface area contributed by atoms with Crippen LogP contribution < -0.4 is 10.6 Å². The number of rotatable bonds is 2. The van der Waals surface area contributed by atoms with Gasteiger partial charge in [-0.25, -0.2) is 4.98 Å². The third-order valence-corrected chi connectivity index (χ3v) is 3.72. The number of nitrogens with one attached hydrogen (secondary N) is 2. The van der Waals surface area contributed by atoms with E-state index in [1.165, 1.54) is 11.3 Å². The van der Waals surface area contributed by atoms with Gasteiger partial charge >= 0.3 is 0 Å². The summed E-state index contributed by atoms with van der Waals surface area (Å²) in [6, 6.07) is 0.433. The molecule has 0 radical (unpaired) electrons. The van der Waals surface area contributed by atoms with E-state index in [4.69, 9.17) is 0 Å². The van der Waals surface area contributed by atoms with Crippen molar-refractivity contribution in [1.29, 1.82) is 0 Å². The zero-order valence-electron chi connectivity index (χ0n) is 10.0. The molecule has 0 aromatic carbocycles. The molecule has 0 saturated carbocycles. The molecule has 1 aromatic rings. The minimum absolute atomic E-state index is 0. The van der Waals surface area contributed by atoms with Crippen LogP contribution in [0.4, 0.5) is 5.13 Å². The molecule has 2 rings (SSSR count). The van der Waals surface area contributed by atoms with Crippen molar-refractivity contribution in [3.8, 4) is 0 Å². The predicted molar refractivity (Wildman–Crippen MR) is 72.9 cm³/mol. The Labute approximate surface area is 112 Å². The van der Waals surface area contributed by atoms with Gasteiger partial charge in [0.2, 0.25) is 5.91 Å². The lowest BCUT2D eigenvalue weighted by Gasteiger charge is -2.26. The van der Waals surface area contributed by atoms with E-state index < -0.39 is 0 Å². The van der Waals surface area contributed by atoms with E-state index in [9.17, 15) is 4.79 Å². The zero-order valence-corrected chi connectivity index (χ0v) is 11.7. The molecule has 1 aromatic heterocycles. The molecule has 0 bridgehead atoms. The van der Waals surface area contributed by atoms with Crippen LogP contribution in [0.3, 0.4) is 0 Å². The molecule has 0 spiro atoms. The van der Waals surface area contributed by atoms with Crippen LogP contribution in [-0.2, 0) is 4.79 Å². The highest BCUT2D eigenvalue weighted by atomic mass is 35.5. The Morgan fingerprint density at radius 1 is 1.65 bits per heavy atom. The van der Waals surface area contributed by atoms with Gasteiger partial charge in [-0.05, 0) is 33.2 Å². The predicted octanol–water partition coefficient (Wildman–Crippen LogP) is 2.20. The van der Waals surface area contributed by atoms with Crippen LogP contribution in [0.1, 0.15) is 25.5 Å². The Bertz CT molecular complexity index is 383. The lowest BCUT2D eigenvalue weighted by atomic mass is 9.93. The molecule has 1 saturated heterocycles. The zero-order chi connectivity index (χ0) is 11.5. The molecular weight excluding hydrogens is 258 g/mol. The lowest BCUT2D eigenvalue weighted by molar-refractivity contribution is -0.120. The van der Waals surface area contributed by atoms with Crippen molar-refractivity contribution in [2.24, 2.45) is 5.92 Å². The number of piperidine rings is 1. The SMILES string of the molecule is Cc1csc(NC(=O)[C@H]2CCN[C@@H](C)C2)n1.Cl. The maximum atomic E-state index is 12.0. The first-order chi connectivity index (χ1) is 7.65. The molecule has 2 heterocycles. The number of amides is 1. The van der Waals surface area contributed by atoms with Gasteiger partial charge < -0.3 is 10.6 Å². The number of hydrogen-bond donors (Lipinski definition) is 2. The fourth-order valence-corrected chi connectivity index (χ4v) is 2.68. The molecule has 1 fully saturated rings. The summed E-state index contributed by atoms with van der Waals surface area (Å²) in [6.07, 6.45) is 1.83. The number of carbonyl (C=O) groups excluding carboxylic acids is 1. The van der Waals surface area contributed by atoms with E-state index >= 15 is 0 Å². The molecule has 96 valence electrons. The number of thiazole rings is 1. The number of hydrogen-bond acceptors (Lipinski definition) is 4. The maximum Gasteiger partial charge on any atom is 0.229 e. The van der Waals surface area contributed by atoms with Crippen molar-refractivity contribution in [2.75, 3.05) is 11.9 Å². The van der Waals surface area contributed by atoms with Gasteiger partial charge in [-0.1, -0.05) is 0 Å². The molecule has 6 heteroatoms. The number of anilines is 1. The molecular formula is C11H18ClN3OS.